The predicted octanol–water partition coefficient (Wildman–Crippen LogP) is 6.40. The molecule has 1 aromatic heterocycles. The van der Waals surface area contributed by atoms with E-state index in [-0.39, 0.29) is 31.9 Å². The van der Waals surface area contributed by atoms with Crippen LogP contribution in [0.4, 0.5) is 13.2 Å². The Hall–Kier alpha value is -2.25. The molecule has 3 aromatic rings. The van der Waals surface area contributed by atoms with E-state index in [2.05, 4.69) is 14.5 Å². The molecule has 2 heterocycles. The zero-order valence-corrected chi connectivity index (χ0v) is 18.2. The Morgan fingerprint density at radius 2 is 1.84 bits per heavy atom. The van der Waals surface area contributed by atoms with Crippen molar-refractivity contribution in [1.82, 2.24) is 14.8 Å². The third kappa shape index (κ3) is 3.78. The molecule has 0 N–H and O–H groups in total. The topological polar surface area (TPSA) is 66.9 Å². The van der Waals surface area contributed by atoms with E-state index in [0.717, 1.165) is 12.1 Å². The highest BCUT2D eigenvalue weighted by Gasteiger charge is 2.60. The van der Waals surface area contributed by atoms with Crippen LogP contribution in [0.1, 0.15) is 23.1 Å². The predicted molar refractivity (Wildman–Crippen MR) is 114 cm³/mol. The lowest BCUT2D eigenvalue weighted by Crippen LogP contribution is -2.38. The van der Waals surface area contributed by atoms with Gasteiger partial charge in [0, 0.05) is 6.42 Å². The second kappa shape index (κ2) is 8.02. The molecule has 1 aliphatic heterocycles. The molecule has 158 valence electrons. The first-order valence-corrected chi connectivity index (χ1v) is 10.4. The first-order chi connectivity index (χ1) is 14.7. The van der Waals surface area contributed by atoms with Gasteiger partial charge in [0.15, 0.2) is 4.75 Å². The zero-order valence-electron chi connectivity index (χ0n) is 15.2. The van der Waals surface area contributed by atoms with Crippen molar-refractivity contribution in [2.45, 2.75) is 17.3 Å². The molecule has 0 aliphatic carbocycles. The summed E-state index contributed by atoms with van der Waals surface area (Å²) in [4.78, 5) is 3.83. The van der Waals surface area contributed by atoms with Gasteiger partial charge in [-0.3, -0.25) is 0 Å². The summed E-state index contributed by atoms with van der Waals surface area (Å²) in [6, 6.07) is 8.99. The third-order valence-corrected chi connectivity index (χ3v) is 7.18. The SMILES string of the molecule is N#Cc1cc(C2=NS[C@@](c3cc(Cl)c(Cl)c(Cl)c3)(C(F)(F)F)C2)ccc1-n1cncn1. The number of hydrogen-bond donors (Lipinski definition) is 0. The molecule has 5 nitrogen and oxygen atoms in total. The number of nitrogens with zero attached hydrogens (tertiary/aromatic N) is 5. The molecule has 0 saturated carbocycles. The van der Waals surface area contributed by atoms with Crippen LogP contribution in [0.2, 0.25) is 15.1 Å². The number of alkyl halides is 3. The fourth-order valence-electron chi connectivity index (χ4n) is 3.18. The number of aromatic nitrogens is 3. The summed E-state index contributed by atoms with van der Waals surface area (Å²) in [6.07, 6.45) is -2.40. The average Bonchev–Trinajstić information content (AvgIpc) is 3.41. The Kier molecular flexibility index (Phi) is 5.68. The van der Waals surface area contributed by atoms with Gasteiger partial charge in [0.2, 0.25) is 0 Å². The first-order valence-electron chi connectivity index (χ1n) is 8.52. The van der Waals surface area contributed by atoms with Gasteiger partial charge in [0.05, 0.1) is 32.0 Å². The van der Waals surface area contributed by atoms with E-state index in [1.165, 1.54) is 23.4 Å². The monoisotopic (exact) mass is 501 g/mol. The summed E-state index contributed by atoms with van der Waals surface area (Å²) < 4.78 is 45.9. The summed E-state index contributed by atoms with van der Waals surface area (Å²) in [6.45, 7) is 0. The van der Waals surface area contributed by atoms with Crippen LogP contribution in [0.15, 0.2) is 47.4 Å². The zero-order chi connectivity index (χ0) is 22.4. The normalized spacial score (nSPS) is 18.7. The molecule has 31 heavy (non-hydrogen) atoms. The van der Waals surface area contributed by atoms with E-state index in [4.69, 9.17) is 34.8 Å². The second-order valence-corrected chi connectivity index (χ2v) is 8.82. The van der Waals surface area contributed by atoms with Crippen LogP contribution in [-0.2, 0) is 4.75 Å². The quantitative estimate of drug-likeness (QED) is 0.307. The van der Waals surface area contributed by atoms with E-state index in [1.54, 1.807) is 12.1 Å². The largest absolute Gasteiger partial charge is 0.409 e. The molecular formula is C19H9Cl3F3N5S. The molecule has 0 unspecified atom stereocenters. The van der Waals surface area contributed by atoms with Gasteiger partial charge in [0.1, 0.15) is 18.7 Å². The molecule has 0 spiro atoms. The minimum Gasteiger partial charge on any atom is -0.223 e. The van der Waals surface area contributed by atoms with Crippen molar-refractivity contribution in [3.05, 3.63) is 74.7 Å². The molecule has 2 aromatic carbocycles. The van der Waals surface area contributed by atoms with Crippen LogP contribution >= 0.6 is 46.8 Å². The van der Waals surface area contributed by atoms with Gasteiger partial charge in [-0.1, -0.05) is 40.9 Å². The lowest BCUT2D eigenvalue weighted by Gasteiger charge is -2.30. The number of halogens is 6. The molecule has 1 atom stereocenters. The van der Waals surface area contributed by atoms with Crippen LogP contribution < -0.4 is 0 Å². The van der Waals surface area contributed by atoms with Crippen LogP contribution in [0.5, 0.6) is 0 Å². The van der Waals surface area contributed by atoms with Crippen LogP contribution in [-0.4, -0.2) is 26.7 Å². The Morgan fingerprint density at radius 3 is 2.42 bits per heavy atom. The van der Waals surface area contributed by atoms with Crippen LogP contribution in [0, 0.1) is 11.3 Å². The molecule has 0 fully saturated rings. The van der Waals surface area contributed by atoms with Gasteiger partial charge in [-0.25, -0.2) is 14.1 Å². The molecular weight excluding hydrogens is 494 g/mol. The third-order valence-electron chi connectivity index (χ3n) is 4.75. The highest BCUT2D eigenvalue weighted by atomic mass is 35.5. The highest BCUT2D eigenvalue weighted by Crippen LogP contribution is 2.57. The summed E-state index contributed by atoms with van der Waals surface area (Å²) >= 11 is 18.3. The Balaban J connectivity index is 1.75. The molecule has 1 aliphatic rings. The average molecular weight is 503 g/mol. The Labute approximate surface area is 193 Å². The molecule has 0 saturated heterocycles. The van der Waals surface area contributed by atoms with Gasteiger partial charge in [0.25, 0.3) is 0 Å². The maximum atomic E-state index is 14.3. The van der Waals surface area contributed by atoms with Crippen molar-refractivity contribution in [3.63, 3.8) is 0 Å². The van der Waals surface area contributed by atoms with Crippen molar-refractivity contribution in [2.75, 3.05) is 0 Å². The van der Waals surface area contributed by atoms with Gasteiger partial charge in [-0.05, 0) is 47.3 Å². The van der Waals surface area contributed by atoms with Gasteiger partial charge >= 0.3 is 6.18 Å². The first kappa shape index (κ1) is 22.0. The number of hydrogen-bond acceptors (Lipinski definition) is 5. The minimum atomic E-state index is -4.66. The smallest absolute Gasteiger partial charge is 0.223 e. The van der Waals surface area contributed by atoms with Crippen LogP contribution in [0.25, 0.3) is 5.69 Å². The Bertz CT molecular complexity index is 1210. The van der Waals surface area contributed by atoms with Crippen molar-refractivity contribution in [2.24, 2.45) is 4.40 Å². The maximum absolute atomic E-state index is 14.3. The summed E-state index contributed by atoms with van der Waals surface area (Å²) in [5, 5.41) is 13.3. The summed E-state index contributed by atoms with van der Waals surface area (Å²) in [7, 11) is 0. The maximum Gasteiger partial charge on any atom is 0.409 e. The fourth-order valence-corrected chi connectivity index (χ4v) is 4.74. The fraction of sp³-hybridized carbons (Fsp3) is 0.158. The lowest BCUT2D eigenvalue weighted by molar-refractivity contribution is -0.159. The van der Waals surface area contributed by atoms with E-state index in [0.29, 0.717) is 23.2 Å². The van der Waals surface area contributed by atoms with E-state index < -0.39 is 17.3 Å². The molecule has 0 bridgehead atoms. The van der Waals surface area contributed by atoms with E-state index in [1.807, 2.05) is 6.07 Å². The molecule has 0 amide bonds. The van der Waals surface area contributed by atoms with E-state index in [9.17, 15) is 18.4 Å². The number of rotatable bonds is 3. The van der Waals surface area contributed by atoms with Crippen LogP contribution in [0.3, 0.4) is 0 Å². The number of benzene rings is 2. The van der Waals surface area contributed by atoms with Crippen molar-refractivity contribution >= 4 is 52.5 Å². The van der Waals surface area contributed by atoms with Gasteiger partial charge in [-0.15, -0.1) is 0 Å². The summed E-state index contributed by atoms with van der Waals surface area (Å²) in [5.41, 5.74) is 1.10. The number of nitriles is 1. The van der Waals surface area contributed by atoms with Gasteiger partial charge in [-0.2, -0.15) is 23.5 Å². The van der Waals surface area contributed by atoms with E-state index >= 15 is 0 Å². The molecule has 12 heteroatoms. The van der Waals surface area contributed by atoms with Crippen molar-refractivity contribution < 1.29 is 13.2 Å². The molecule has 4 rings (SSSR count). The second-order valence-electron chi connectivity index (χ2n) is 6.57. The van der Waals surface area contributed by atoms with Crippen molar-refractivity contribution in [1.29, 1.82) is 5.26 Å². The highest BCUT2D eigenvalue weighted by molar-refractivity contribution is 7.99. The standard InChI is InChI=1S/C19H9Cl3F3N5S/c20-13-4-12(5-14(21)17(13)22)18(19(23,24)25)6-15(29-31-18)10-1-2-16(11(3-10)7-26)30-9-27-8-28-30/h1-5,8-9H,6H2/t18-/m0/s1. The van der Waals surface area contributed by atoms with Crippen molar-refractivity contribution in [3.8, 4) is 11.8 Å². The Morgan fingerprint density at radius 1 is 1.13 bits per heavy atom. The van der Waals surface area contributed by atoms with Gasteiger partial charge < -0.3 is 0 Å². The summed E-state index contributed by atoms with van der Waals surface area (Å²) in [5.74, 6) is 0. The lowest BCUT2D eigenvalue weighted by atomic mass is 9.89. The molecule has 0 radical (unpaired) electrons. The minimum absolute atomic E-state index is 0.0177.